The van der Waals surface area contributed by atoms with Crippen molar-refractivity contribution in [2.24, 2.45) is 11.7 Å². The summed E-state index contributed by atoms with van der Waals surface area (Å²) in [7, 11) is 0. The van der Waals surface area contributed by atoms with E-state index in [1.165, 1.54) is 0 Å². The van der Waals surface area contributed by atoms with E-state index in [4.69, 9.17) is 5.73 Å². The van der Waals surface area contributed by atoms with Crippen LogP contribution in [0.5, 0.6) is 0 Å². The number of carbonyl (C=O) groups excluding carboxylic acids is 1. The molecule has 1 fully saturated rings. The summed E-state index contributed by atoms with van der Waals surface area (Å²) in [4.78, 5) is 13.5. The first-order valence-corrected chi connectivity index (χ1v) is 5.38. The van der Waals surface area contributed by atoms with Gasteiger partial charge >= 0.3 is 0 Å². The smallest absolute Gasteiger partial charge is 0.221 e. The van der Waals surface area contributed by atoms with Crippen LogP contribution < -0.4 is 5.73 Å². The first-order valence-electron chi connectivity index (χ1n) is 5.38. The number of rotatable bonds is 1. The molecular formula is C11H22N2O. The van der Waals surface area contributed by atoms with Gasteiger partial charge in [0.15, 0.2) is 0 Å². The fourth-order valence-corrected chi connectivity index (χ4v) is 2.27. The van der Waals surface area contributed by atoms with Crippen LogP contribution in [0.15, 0.2) is 0 Å². The zero-order chi connectivity index (χ0) is 10.9. The molecule has 1 aliphatic heterocycles. The molecule has 2 N–H and O–H groups in total. The number of nitrogens with two attached hydrogens (primary N) is 1. The largest absolute Gasteiger partial charge is 0.369 e. The molecule has 1 saturated heterocycles. The number of nitrogens with zero attached hydrogens (tertiary/aromatic N) is 1. The molecule has 3 nitrogen and oxygen atoms in total. The lowest BCUT2D eigenvalue weighted by Crippen LogP contribution is -2.53. The molecule has 2 atom stereocenters. The molecule has 0 spiro atoms. The Morgan fingerprint density at radius 3 is 2.36 bits per heavy atom. The fourth-order valence-electron chi connectivity index (χ4n) is 2.27. The van der Waals surface area contributed by atoms with Crippen molar-refractivity contribution in [2.75, 3.05) is 6.54 Å². The number of primary amides is 1. The van der Waals surface area contributed by atoms with Gasteiger partial charge in [0.25, 0.3) is 0 Å². The molecule has 1 rings (SSSR count). The van der Waals surface area contributed by atoms with Crippen molar-refractivity contribution in [1.29, 1.82) is 0 Å². The Bertz CT molecular complexity index is 220. The van der Waals surface area contributed by atoms with E-state index in [1.54, 1.807) is 0 Å². The first-order chi connectivity index (χ1) is 6.32. The molecule has 0 aromatic heterocycles. The summed E-state index contributed by atoms with van der Waals surface area (Å²) >= 11 is 0. The quantitative estimate of drug-likeness (QED) is 0.691. The van der Waals surface area contributed by atoms with Crippen LogP contribution in [0.1, 0.15) is 40.5 Å². The number of amides is 1. The average molecular weight is 198 g/mol. The normalized spacial score (nSPS) is 30.3. The van der Waals surface area contributed by atoms with E-state index >= 15 is 0 Å². The molecule has 0 bridgehead atoms. The van der Waals surface area contributed by atoms with Gasteiger partial charge in [-0.3, -0.25) is 9.69 Å². The topological polar surface area (TPSA) is 46.3 Å². The summed E-state index contributed by atoms with van der Waals surface area (Å²) in [5, 5.41) is 0. The van der Waals surface area contributed by atoms with Crippen molar-refractivity contribution >= 4 is 5.91 Å². The Balaban J connectivity index is 2.69. The van der Waals surface area contributed by atoms with E-state index in [0.717, 1.165) is 19.4 Å². The summed E-state index contributed by atoms with van der Waals surface area (Å²) in [6.45, 7) is 9.61. The van der Waals surface area contributed by atoms with Crippen LogP contribution in [0.2, 0.25) is 0 Å². The highest BCUT2D eigenvalue weighted by atomic mass is 16.1. The van der Waals surface area contributed by atoms with E-state index in [2.05, 4.69) is 32.6 Å². The highest BCUT2D eigenvalue weighted by Gasteiger charge is 2.34. The third-order valence-electron chi connectivity index (χ3n) is 3.15. The van der Waals surface area contributed by atoms with Gasteiger partial charge < -0.3 is 5.73 Å². The molecule has 0 radical (unpaired) electrons. The van der Waals surface area contributed by atoms with Gasteiger partial charge in [-0.1, -0.05) is 0 Å². The van der Waals surface area contributed by atoms with Crippen LogP contribution in [0.4, 0.5) is 0 Å². The Hall–Kier alpha value is -0.570. The minimum Gasteiger partial charge on any atom is -0.369 e. The van der Waals surface area contributed by atoms with E-state index in [9.17, 15) is 4.79 Å². The molecule has 1 aliphatic rings. The SMILES string of the molecule is C[C@@H]1CC[C@@H](C(N)=O)CN1C(C)(C)C. The average Bonchev–Trinajstić information content (AvgIpc) is 2.02. The maximum absolute atomic E-state index is 11.1. The maximum Gasteiger partial charge on any atom is 0.221 e. The third kappa shape index (κ3) is 2.47. The molecule has 1 heterocycles. The van der Waals surface area contributed by atoms with Crippen LogP contribution in [0.25, 0.3) is 0 Å². The molecule has 82 valence electrons. The van der Waals surface area contributed by atoms with E-state index < -0.39 is 0 Å². The zero-order valence-corrected chi connectivity index (χ0v) is 9.71. The number of hydrogen-bond acceptors (Lipinski definition) is 2. The Labute approximate surface area is 86.6 Å². The van der Waals surface area contributed by atoms with E-state index in [-0.39, 0.29) is 17.4 Å². The van der Waals surface area contributed by atoms with Gasteiger partial charge in [0.1, 0.15) is 0 Å². The fraction of sp³-hybridized carbons (Fsp3) is 0.909. The standard InChI is InChI=1S/C11H22N2O/c1-8-5-6-9(10(12)14)7-13(8)11(2,3)4/h8-9H,5-7H2,1-4H3,(H2,12,14)/t8-,9-/m1/s1. The molecular weight excluding hydrogens is 176 g/mol. The number of piperidine rings is 1. The van der Waals surface area contributed by atoms with Crippen molar-refractivity contribution < 1.29 is 4.79 Å². The predicted molar refractivity (Wildman–Crippen MR) is 57.8 cm³/mol. The molecule has 0 saturated carbocycles. The van der Waals surface area contributed by atoms with Crippen LogP contribution in [0.3, 0.4) is 0 Å². The lowest BCUT2D eigenvalue weighted by Gasteiger charge is -2.45. The molecule has 14 heavy (non-hydrogen) atoms. The minimum absolute atomic E-state index is 0.0467. The van der Waals surface area contributed by atoms with Gasteiger partial charge in [-0.15, -0.1) is 0 Å². The first kappa shape index (κ1) is 11.5. The van der Waals surface area contributed by atoms with Crippen LogP contribution in [-0.2, 0) is 4.79 Å². The summed E-state index contributed by atoms with van der Waals surface area (Å²) in [6, 6.07) is 0.561. The van der Waals surface area contributed by atoms with Crippen LogP contribution in [0, 0.1) is 5.92 Å². The number of hydrogen-bond donors (Lipinski definition) is 1. The van der Waals surface area contributed by atoms with Gasteiger partial charge in [0.05, 0.1) is 5.92 Å². The highest BCUT2D eigenvalue weighted by Crippen LogP contribution is 2.28. The summed E-state index contributed by atoms with van der Waals surface area (Å²) in [6.07, 6.45) is 2.02. The van der Waals surface area contributed by atoms with Crippen LogP contribution >= 0.6 is 0 Å². The van der Waals surface area contributed by atoms with Crippen molar-refractivity contribution in [3.8, 4) is 0 Å². The Morgan fingerprint density at radius 1 is 1.36 bits per heavy atom. The summed E-state index contributed by atoms with van der Waals surface area (Å²) in [5.41, 5.74) is 5.49. The van der Waals surface area contributed by atoms with Gasteiger partial charge in [-0.25, -0.2) is 0 Å². The second-order valence-corrected chi connectivity index (χ2v) is 5.35. The second kappa shape index (κ2) is 3.89. The molecule has 0 aliphatic carbocycles. The van der Waals surface area contributed by atoms with Crippen molar-refractivity contribution in [3.05, 3.63) is 0 Å². The van der Waals surface area contributed by atoms with E-state index in [0.29, 0.717) is 6.04 Å². The monoisotopic (exact) mass is 198 g/mol. The zero-order valence-electron chi connectivity index (χ0n) is 9.71. The predicted octanol–water partition coefficient (Wildman–Crippen LogP) is 1.37. The Kier molecular flexibility index (Phi) is 3.20. The number of carbonyl (C=O) groups is 1. The van der Waals surface area contributed by atoms with Crippen molar-refractivity contribution in [3.63, 3.8) is 0 Å². The lowest BCUT2D eigenvalue weighted by molar-refractivity contribution is -0.125. The maximum atomic E-state index is 11.1. The number of likely N-dealkylation sites (tertiary alicyclic amines) is 1. The van der Waals surface area contributed by atoms with E-state index in [1.807, 2.05) is 0 Å². The summed E-state index contributed by atoms with van der Waals surface area (Å²) < 4.78 is 0. The second-order valence-electron chi connectivity index (χ2n) is 5.35. The van der Waals surface area contributed by atoms with Gasteiger partial charge in [0, 0.05) is 18.1 Å². The molecule has 3 heteroatoms. The van der Waals surface area contributed by atoms with Gasteiger partial charge in [0.2, 0.25) is 5.91 Å². The highest BCUT2D eigenvalue weighted by molar-refractivity contribution is 5.77. The Morgan fingerprint density at radius 2 is 1.93 bits per heavy atom. The molecule has 1 amide bonds. The lowest BCUT2D eigenvalue weighted by atomic mass is 9.89. The van der Waals surface area contributed by atoms with Gasteiger partial charge in [-0.05, 0) is 40.5 Å². The molecule has 0 aromatic carbocycles. The minimum atomic E-state index is -0.147. The molecule has 0 aromatic rings. The van der Waals surface area contributed by atoms with Crippen molar-refractivity contribution in [1.82, 2.24) is 4.90 Å². The van der Waals surface area contributed by atoms with Crippen molar-refractivity contribution in [2.45, 2.75) is 52.1 Å². The third-order valence-corrected chi connectivity index (χ3v) is 3.15. The molecule has 0 unspecified atom stereocenters. The summed E-state index contributed by atoms with van der Waals surface area (Å²) in [5.74, 6) is -0.100. The van der Waals surface area contributed by atoms with Gasteiger partial charge in [-0.2, -0.15) is 0 Å². The van der Waals surface area contributed by atoms with Crippen LogP contribution in [-0.4, -0.2) is 28.9 Å².